The molecule has 0 atom stereocenters. The molecule has 1 aromatic rings. The SMILES string of the molecule is O=C1NCCCN1Cc1cccc(F)c1. The van der Waals surface area contributed by atoms with Crippen LogP contribution in [-0.2, 0) is 6.54 Å². The zero-order valence-corrected chi connectivity index (χ0v) is 8.37. The van der Waals surface area contributed by atoms with Crippen LogP contribution >= 0.6 is 0 Å². The van der Waals surface area contributed by atoms with Gasteiger partial charge in [-0.2, -0.15) is 0 Å². The number of nitrogens with zero attached hydrogens (tertiary/aromatic N) is 1. The van der Waals surface area contributed by atoms with Crippen molar-refractivity contribution in [1.29, 1.82) is 0 Å². The van der Waals surface area contributed by atoms with E-state index in [1.165, 1.54) is 12.1 Å². The minimum absolute atomic E-state index is 0.0643. The minimum Gasteiger partial charge on any atom is -0.338 e. The third-order valence-corrected chi connectivity index (χ3v) is 2.43. The predicted octanol–water partition coefficient (Wildman–Crippen LogP) is 1.74. The Kier molecular flexibility index (Phi) is 2.85. The third kappa shape index (κ3) is 2.46. The maximum absolute atomic E-state index is 12.9. The van der Waals surface area contributed by atoms with Gasteiger partial charge in [-0.05, 0) is 24.1 Å². The Labute approximate surface area is 87.9 Å². The quantitative estimate of drug-likeness (QED) is 0.788. The van der Waals surface area contributed by atoms with Crippen LogP contribution in [0.5, 0.6) is 0 Å². The van der Waals surface area contributed by atoms with Gasteiger partial charge in [0.15, 0.2) is 0 Å². The van der Waals surface area contributed by atoms with Crippen molar-refractivity contribution in [2.45, 2.75) is 13.0 Å². The highest BCUT2D eigenvalue weighted by Gasteiger charge is 2.17. The maximum Gasteiger partial charge on any atom is 0.317 e. The Morgan fingerprint density at radius 2 is 2.33 bits per heavy atom. The van der Waals surface area contributed by atoms with Crippen molar-refractivity contribution in [2.24, 2.45) is 0 Å². The van der Waals surface area contributed by atoms with Gasteiger partial charge in [-0.3, -0.25) is 0 Å². The van der Waals surface area contributed by atoms with E-state index in [1.54, 1.807) is 11.0 Å². The Hall–Kier alpha value is -1.58. The molecule has 0 unspecified atom stereocenters. The van der Waals surface area contributed by atoms with Crippen LogP contribution in [0.25, 0.3) is 0 Å². The van der Waals surface area contributed by atoms with E-state index in [0.717, 1.165) is 25.1 Å². The smallest absolute Gasteiger partial charge is 0.317 e. The van der Waals surface area contributed by atoms with Gasteiger partial charge in [-0.15, -0.1) is 0 Å². The highest BCUT2D eigenvalue weighted by molar-refractivity contribution is 5.74. The molecule has 4 heteroatoms. The summed E-state index contributed by atoms with van der Waals surface area (Å²) < 4.78 is 12.9. The van der Waals surface area contributed by atoms with Crippen molar-refractivity contribution < 1.29 is 9.18 Å². The van der Waals surface area contributed by atoms with Crippen LogP contribution in [0.3, 0.4) is 0 Å². The standard InChI is InChI=1S/C11H13FN2O/c12-10-4-1-3-9(7-10)8-14-6-2-5-13-11(14)15/h1,3-4,7H,2,5-6,8H2,(H,13,15). The summed E-state index contributed by atoms with van der Waals surface area (Å²) in [5.74, 6) is -0.259. The van der Waals surface area contributed by atoms with Crippen molar-refractivity contribution >= 4 is 6.03 Å². The Morgan fingerprint density at radius 3 is 3.07 bits per heavy atom. The van der Waals surface area contributed by atoms with Gasteiger partial charge in [0.25, 0.3) is 0 Å². The molecule has 0 spiro atoms. The molecule has 3 nitrogen and oxygen atoms in total. The van der Waals surface area contributed by atoms with Gasteiger partial charge in [-0.25, -0.2) is 9.18 Å². The third-order valence-electron chi connectivity index (χ3n) is 2.43. The number of urea groups is 1. The van der Waals surface area contributed by atoms with Gasteiger partial charge in [-0.1, -0.05) is 12.1 Å². The minimum atomic E-state index is -0.259. The van der Waals surface area contributed by atoms with E-state index in [0.29, 0.717) is 6.54 Å². The Morgan fingerprint density at radius 1 is 1.47 bits per heavy atom. The number of hydrogen-bond donors (Lipinski definition) is 1. The molecule has 0 bridgehead atoms. The largest absolute Gasteiger partial charge is 0.338 e. The topological polar surface area (TPSA) is 32.3 Å². The molecule has 0 aromatic heterocycles. The van der Waals surface area contributed by atoms with Crippen LogP contribution in [0.2, 0.25) is 0 Å². The van der Waals surface area contributed by atoms with E-state index in [1.807, 2.05) is 6.07 Å². The van der Waals surface area contributed by atoms with E-state index in [9.17, 15) is 9.18 Å². The average Bonchev–Trinajstić information content (AvgIpc) is 2.22. The lowest BCUT2D eigenvalue weighted by Gasteiger charge is -2.27. The van der Waals surface area contributed by atoms with E-state index in [2.05, 4.69) is 5.32 Å². The first-order valence-electron chi connectivity index (χ1n) is 5.03. The summed E-state index contributed by atoms with van der Waals surface area (Å²) in [5, 5.41) is 2.76. The molecular weight excluding hydrogens is 195 g/mol. The second-order valence-electron chi connectivity index (χ2n) is 3.64. The van der Waals surface area contributed by atoms with Crippen LogP contribution in [0.4, 0.5) is 9.18 Å². The predicted molar refractivity (Wildman–Crippen MR) is 54.8 cm³/mol. The van der Waals surface area contributed by atoms with E-state index < -0.39 is 0 Å². The molecule has 15 heavy (non-hydrogen) atoms. The number of rotatable bonds is 2. The average molecular weight is 208 g/mol. The van der Waals surface area contributed by atoms with Crippen molar-refractivity contribution in [3.8, 4) is 0 Å². The molecule has 1 aliphatic rings. The number of halogens is 1. The zero-order valence-electron chi connectivity index (χ0n) is 8.37. The number of nitrogens with one attached hydrogen (secondary N) is 1. The first-order valence-corrected chi connectivity index (χ1v) is 5.03. The van der Waals surface area contributed by atoms with Gasteiger partial charge in [0, 0.05) is 19.6 Å². The van der Waals surface area contributed by atoms with Crippen LogP contribution in [-0.4, -0.2) is 24.0 Å². The van der Waals surface area contributed by atoms with Crippen LogP contribution in [0.15, 0.2) is 24.3 Å². The first-order chi connectivity index (χ1) is 7.25. The van der Waals surface area contributed by atoms with Crippen molar-refractivity contribution in [3.05, 3.63) is 35.6 Å². The van der Waals surface area contributed by atoms with Gasteiger partial charge < -0.3 is 10.2 Å². The van der Waals surface area contributed by atoms with Gasteiger partial charge in [0.2, 0.25) is 0 Å². The van der Waals surface area contributed by atoms with Crippen LogP contribution in [0, 0.1) is 5.82 Å². The second kappa shape index (κ2) is 4.29. The molecule has 1 fully saturated rings. The number of amides is 2. The molecule has 2 rings (SSSR count). The van der Waals surface area contributed by atoms with Gasteiger partial charge in [0.05, 0.1) is 0 Å². The van der Waals surface area contributed by atoms with Crippen molar-refractivity contribution in [3.63, 3.8) is 0 Å². The molecule has 0 saturated carbocycles. The Balaban J connectivity index is 2.04. The van der Waals surface area contributed by atoms with Crippen LogP contribution < -0.4 is 5.32 Å². The number of carbonyl (C=O) groups excluding carboxylic acids is 1. The summed E-state index contributed by atoms with van der Waals surface area (Å²) in [6.07, 6.45) is 0.945. The number of benzene rings is 1. The molecular formula is C11H13FN2O. The monoisotopic (exact) mass is 208 g/mol. The Bertz CT molecular complexity index is 367. The van der Waals surface area contributed by atoms with Crippen molar-refractivity contribution in [2.75, 3.05) is 13.1 Å². The molecule has 1 N–H and O–H groups in total. The van der Waals surface area contributed by atoms with E-state index in [-0.39, 0.29) is 11.8 Å². The van der Waals surface area contributed by atoms with E-state index in [4.69, 9.17) is 0 Å². The summed E-state index contributed by atoms with van der Waals surface area (Å²) in [6.45, 7) is 1.95. The molecule has 1 heterocycles. The summed E-state index contributed by atoms with van der Waals surface area (Å²) >= 11 is 0. The number of carbonyl (C=O) groups is 1. The molecule has 0 radical (unpaired) electrons. The van der Waals surface area contributed by atoms with Gasteiger partial charge >= 0.3 is 6.03 Å². The fourth-order valence-corrected chi connectivity index (χ4v) is 1.69. The lowest BCUT2D eigenvalue weighted by Crippen LogP contribution is -2.45. The molecule has 1 aliphatic heterocycles. The molecule has 0 aliphatic carbocycles. The van der Waals surface area contributed by atoms with Crippen molar-refractivity contribution in [1.82, 2.24) is 10.2 Å². The summed E-state index contributed by atoms with van der Waals surface area (Å²) in [7, 11) is 0. The van der Waals surface area contributed by atoms with E-state index >= 15 is 0 Å². The normalized spacial score (nSPS) is 16.3. The van der Waals surface area contributed by atoms with Crippen LogP contribution in [0.1, 0.15) is 12.0 Å². The lowest BCUT2D eigenvalue weighted by molar-refractivity contribution is 0.183. The summed E-state index contributed by atoms with van der Waals surface area (Å²) in [4.78, 5) is 13.1. The molecule has 80 valence electrons. The maximum atomic E-state index is 12.9. The lowest BCUT2D eigenvalue weighted by atomic mass is 10.2. The summed E-state index contributed by atoms with van der Waals surface area (Å²) in [5.41, 5.74) is 0.826. The highest BCUT2D eigenvalue weighted by atomic mass is 19.1. The zero-order chi connectivity index (χ0) is 10.7. The fraction of sp³-hybridized carbons (Fsp3) is 0.364. The highest BCUT2D eigenvalue weighted by Crippen LogP contribution is 2.09. The molecule has 1 saturated heterocycles. The summed E-state index contributed by atoms with van der Waals surface area (Å²) in [6, 6.07) is 6.28. The first kappa shape index (κ1) is 9.96. The number of hydrogen-bond acceptors (Lipinski definition) is 1. The second-order valence-corrected chi connectivity index (χ2v) is 3.64. The van der Waals surface area contributed by atoms with Gasteiger partial charge in [0.1, 0.15) is 5.82 Å². The molecule has 1 aromatic carbocycles. The molecule has 2 amide bonds. The fourth-order valence-electron chi connectivity index (χ4n) is 1.69.